The first kappa shape index (κ1) is 21.2. The Morgan fingerprint density at radius 1 is 1.41 bits per heavy atom. The van der Waals surface area contributed by atoms with Crippen molar-refractivity contribution in [3.63, 3.8) is 0 Å². The van der Waals surface area contributed by atoms with Crippen molar-refractivity contribution in [1.82, 2.24) is 10.0 Å². The van der Waals surface area contributed by atoms with Gasteiger partial charge in [-0.05, 0) is 56.7 Å². The molecule has 0 aromatic heterocycles. The van der Waals surface area contributed by atoms with Crippen molar-refractivity contribution in [1.29, 1.82) is 0 Å². The van der Waals surface area contributed by atoms with Crippen LogP contribution in [0.2, 0.25) is 0 Å². The summed E-state index contributed by atoms with van der Waals surface area (Å²) in [6.07, 6.45) is -0.0470. The normalized spacial score (nSPS) is 23.3. The summed E-state index contributed by atoms with van der Waals surface area (Å²) < 4.78 is 47.0. The summed E-state index contributed by atoms with van der Waals surface area (Å²) >= 11 is 0. The number of nitrogens with zero attached hydrogens (tertiary/aromatic N) is 1. The van der Waals surface area contributed by atoms with Crippen LogP contribution in [-0.2, 0) is 26.2 Å². The lowest BCUT2D eigenvalue weighted by atomic mass is 9.80. The minimum atomic E-state index is -4.28. The number of aromatic hydroxyl groups is 1. The molecule has 3 rings (SSSR count). The predicted octanol–water partition coefficient (Wildman–Crippen LogP) is 1.66. The lowest BCUT2D eigenvalue weighted by molar-refractivity contribution is -0.117. The van der Waals surface area contributed by atoms with Crippen molar-refractivity contribution < 1.29 is 32.2 Å². The number of halogens is 1. The number of hydrogen-bond acceptors (Lipinski definition) is 6. The van der Waals surface area contributed by atoms with Gasteiger partial charge in [0.2, 0.25) is 0 Å². The third-order valence-corrected chi connectivity index (χ3v) is 6.14. The Morgan fingerprint density at radius 3 is 2.62 bits per heavy atom. The molecule has 2 amide bonds. The molecular formula is C18H24FN3O6S. The molecule has 9 nitrogen and oxygen atoms in total. The van der Waals surface area contributed by atoms with Gasteiger partial charge in [-0.3, -0.25) is 4.79 Å². The Morgan fingerprint density at radius 2 is 2.07 bits per heavy atom. The van der Waals surface area contributed by atoms with Gasteiger partial charge in [-0.25, -0.2) is 18.2 Å². The zero-order chi connectivity index (χ0) is 21.7. The van der Waals surface area contributed by atoms with Crippen LogP contribution in [0.15, 0.2) is 6.07 Å². The van der Waals surface area contributed by atoms with Crippen molar-refractivity contribution in [2.75, 3.05) is 10.8 Å². The van der Waals surface area contributed by atoms with Crippen LogP contribution in [0.5, 0.6) is 5.75 Å². The summed E-state index contributed by atoms with van der Waals surface area (Å²) in [4.78, 5) is 23.6. The van der Waals surface area contributed by atoms with Crippen molar-refractivity contribution in [2.45, 2.75) is 58.1 Å². The highest BCUT2D eigenvalue weighted by molar-refractivity contribution is 7.92. The molecule has 0 bridgehead atoms. The molecule has 2 atom stereocenters. The van der Waals surface area contributed by atoms with E-state index in [1.807, 2.05) is 6.92 Å². The zero-order valence-electron chi connectivity index (χ0n) is 16.6. The van der Waals surface area contributed by atoms with Gasteiger partial charge in [0, 0.05) is 6.04 Å². The van der Waals surface area contributed by atoms with E-state index < -0.39 is 57.7 Å². The van der Waals surface area contributed by atoms with E-state index in [9.17, 15) is 23.1 Å². The highest BCUT2D eigenvalue weighted by Crippen LogP contribution is 2.42. The maximum Gasteiger partial charge on any atom is 0.407 e. The van der Waals surface area contributed by atoms with Crippen LogP contribution in [0.1, 0.15) is 51.2 Å². The molecule has 3 N–H and O–H groups in total. The van der Waals surface area contributed by atoms with Crippen molar-refractivity contribution in [2.24, 2.45) is 0 Å². The van der Waals surface area contributed by atoms with E-state index in [-0.39, 0.29) is 17.9 Å². The van der Waals surface area contributed by atoms with Gasteiger partial charge in [0.1, 0.15) is 23.6 Å². The molecule has 1 aliphatic carbocycles. The Kier molecular flexibility index (Phi) is 5.14. The molecule has 0 radical (unpaired) electrons. The number of alkyl carbamates (subject to hydrolysis) is 1. The van der Waals surface area contributed by atoms with Crippen LogP contribution in [-0.4, -0.2) is 43.7 Å². The number of carbonyl (C=O) groups excluding carboxylic acids is 2. The molecule has 1 fully saturated rings. The van der Waals surface area contributed by atoms with Gasteiger partial charge in [0.25, 0.3) is 5.91 Å². The van der Waals surface area contributed by atoms with Crippen LogP contribution in [0.4, 0.5) is 14.9 Å². The summed E-state index contributed by atoms with van der Waals surface area (Å²) in [6.45, 7) is 6.38. The molecule has 1 heterocycles. The fraction of sp³-hybridized carbons (Fsp3) is 0.556. The molecule has 1 aromatic carbocycles. The lowest BCUT2D eigenvalue weighted by Gasteiger charge is -2.32. The van der Waals surface area contributed by atoms with Gasteiger partial charge < -0.3 is 15.2 Å². The van der Waals surface area contributed by atoms with Gasteiger partial charge in [0.15, 0.2) is 5.82 Å². The van der Waals surface area contributed by atoms with E-state index in [0.29, 0.717) is 16.3 Å². The number of fused-ring (bicyclic) bond motifs is 1. The van der Waals surface area contributed by atoms with Crippen molar-refractivity contribution in [3.05, 3.63) is 23.0 Å². The number of phenolic OH excluding ortho intramolecular Hbond substituents is 1. The topological polar surface area (TPSA) is 125 Å². The largest absolute Gasteiger partial charge is 0.506 e. The third-order valence-electron chi connectivity index (χ3n) is 4.77. The summed E-state index contributed by atoms with van der Waals surface area (Å²) in [6, 6.07) is 0.884. The monoisotopic (exact) mass is 429 g/mol. The summed E-state index contributed by atoms with van der Waals surface area (Å²) in [5, 5.41) is 13.0. The molecule has 0 saturated carbocycles. The molecule has 160 valence electrons. The second kappa shape index (κ2) is 7.05. The predicted molar refractivity (Wildman–Crippen MR) is 102 cm³/mol. The number of rotatable bonds is 2. The first-order chi connectivity index (χ1) is 13.3. The van der Waals surface area contributed by atoms with Gasteiger partial charge >= 0.3 is 16.3 Å². The number of hydrogen-bond donors (Lipinski definition) is 3. The number of phenols is 1. The fourth-order valence-electron chi connectivity index (χ4n) is 3.68. The number of anilines is 1. The highest BCUT2D eigenvalue weighted by atomic mass is 32.2. The smallest absolute Gasteiger partial charge is 0.407 e. The standard InChI is InChI=1S/C18H24FN3O6S/c1-9-5-10(20-17(25)28-18(2,3)4)6-12-11(9)7-13(23)16(15(12)19)22-8-14(24)21-29(22,26)27/h7,9-10,23H,5-6,8H2,1-4H3,(H,20,25)(H,21,24)/t9?,10-/m1/s1. The van der Waals surface area contributed by atoms with Crippen LogP contribution < -0.4 is 14.3 Å². The highest BCUT2D eigenvalue weighted by Gasteiger charge is 2.40. The average Bonchev–Trinajstić information content (AvgIpc) is 2.79. The van der Waals surface area contributed by atoms with Gasteiger partial charge in [-0.2, -0.15) is 8.42 Å². The van der Waals surface area contributed by atoms with Gasteiger partial charge in [-0.15, -0.1) is 0 Å². The minimum absolute atomic E-state index is 0.0906. The molecule has 1 aromatic rings. The van der Waals surface area contributed by atoms with Crippen molar-refractivity contribution >= 4 is 27.9 Å². The van der Waals surface area contributed by atoms with Crippen LogP contribution in [0, 0.1) is 5.82 Å². The molecule has 11 heteroatoms. The molecule has 0 spiro atoms. The Hall–Kier alpha value is -2.56. The first-order valence-electron chi connectivity index (χ1n) is 9.15. The quantitative estimate of drug-likeness (QED) is 0.657. The Labute approximate surface area is 168 Å². The van der Waals surface area contributed by atoms with Crippen molar-refractivity contribution in [3.8, 4) is 5.75 Å². The zero-order valence-corrected chi connectivity index (χ0v) is 17.4. The first-order valence-corrected chi connectivity index (χ1v) is 10.6. The second-order valence-electron chi connectivity index (χ2n) is 8.35. The summed E-state index contributed by atoms with van der Waals surface area (Å²) in [5.41, 5.74) is -0.544. The maximum atomic E-state index is 15.3. The average molecular weight is 429 g/mol. The van der Waals surface area contributed by atoms with Gasteiger partial charge in [0.05, 0.1) is 0 Å². The molecule has 2 aliphatic rings. The van der Waals surface area contributed by atoms with E-state index in [2.05, 4.69) is 5.32 Å². The number of benzene rings is 1. The van der Waals surface area contributed by atoms with E-state index in [0.717, 1.165) is 0 Å². The fourth-order valence-corrected chi connectivity index (χ4v) is 4.85. The Bertz CT molecular complexity index is 973. The SMILES string of the molecule is CC1C[C@@H](NC(=O)OC(C)(C)C)Cc2c1cc(O)c(N1CC(=O)NS1(=O)=O)c2F. The lowest BCUT2D eigenvalue weighted by Crippen LogP contribution is -2.42. The number of carbonyl (C=O) groups is 2. The van der Waals surface area contributed by atoms with E-state index in [4.69, 9.17) is 4.74 Å². The van der Waals surface area contributed by atoms with E-state index in [1.54, 1.807) is 25.5 Å². The number of amides is 2. The second-order valence-corrected chi connectivity index (χ2v) is 9.94. The summed E-state index contributed by atoms with van der Waals surface area (Å²) in [7, 11) is -4.28. The molecule has 1 saturated heterocycles. The van der Waals surface area contributed by atoms with Crippen LogP contribution in [0.3, 0.4) is 0 Å². The third kappa shape index (κ3) is 4.24. The van der Waals surface area contributed by atoms with Gasteiger partial charge in [-0.1, -0.05) is 6.92 Å². The Balaban J connectivity index is 1.94. The molecular weight excluding hydrogens is 405 g/mol. The molecule has 1 unspecified atom stereocenters. The van der Waals surface area contributed by atoms with E-state index in [1.165, 1.54) is 6.07 Å². The summed E-state index contributed by atoms with van der Waals surface area (Å²) in [5.74, 6) is -2.52. The van der Waals surface area contributed by atoms with E-state index >= 15 is 4.39 Å². The molecule has 1 aliphatic heterocycles. The molecule has 29 heavy (non-hydrogen) atoms. The van der Waals surface area contributed by atoms with Crippen LogP contribution >= 0.6 is 0 Å². The maximum absolute atomic E-state index is 15.3. The number of ether oxygens (including phenoxy) is 1. The van der Waals surface area contributed by atoms with Crippen LogP contribution in [0.25, 0.3) is 0 Å². The minimum Gasteiger partial charge on any atom is -0.506 e. The number of nitrogens with one attached hydrogen (secondary N) is 2.